The summed E-state index contributed by atoms with van der Waals surface area (Å²) in [5, 5.41) is 11.2. The molecule has 3 aromatic rings. The van der Waals surface area contributed by atoms with Crippen LogP contribution in [0.15, 0.2) is 80.3 Å². The van der Waals surface area contributed by atoms with E-state index in [0.717, 1.165) is 0 Å². The van der Waals surface area contributed by atoms with Gasteiger partial charge in [-0.05, 0) is 80.8 Å². The molecule has 4 rings (SSSR count). The summed E-state index contributed by atoms with van der Waals surface area (Å²) in [5.74, 6) is -0.938. The van der Waals surface area contributed by atoms with Crippen LogP contribution in [-0.2, 0) is 9.53 Å². The number of carbonyl (C=O) groups is 2. The van der Waals surface area contributed by atoms with Crippen LogP contribution in [0.2, 0.25) is 0 Å². The van der Waals surface area contributed by atoms with E-state index in [-0.39, 0.29) is 23.0 Å². The highest BCUT2D eigenvalue weighted by Gasteiger charge is 2.27. The number of hydrogen-bond donors (Lipinski definition) is 0. The molecule has 0 unspecified atom stereocenters. The van der Waals surface area contributed by atoms with Crippen LogP contribution in [0.5, 0.6) is 5.75 Å². The lowest BCUT2D eigenvalue weighted by Gasteiger charge is -2.10. The molecule has 0 bridgehead atoms. The van der Waals surface area contributed by atoms with Crippen LogP contribution in [-0.4, -0.2) is 22.8 Å². The van der Waals surface area contributed by atoms with Gasteiger partial charge in [-0.3, -0.25) is 10.1 Å². The Labute approximate surface area is 210 Å². The molecule has 0 saturated heterocycles. The molecule has 0 fully saturated rings. The molecule has 0 N–H and O–H groups in total. The third-order valence-corrected chi connectivity index (χ3v) is 6.06. The fourth-order valence-electron chi connectivity index (χ4n) is 3.22. The van der Waals surface area contributed by atoms with Crippen LogP contribution >= 0.6 is 31.9 Å². The molecule has 1 aliphatic rings. The summed E-state index contributed by atoms with van der Waals surface area (Å²) >= 11 is 6.78. The maximum Gasteiger partial charge on any atom is 0.363 e. The Kier molecular flexibility index (Phi) is 6.71. The number of hydrogen-bond acceptors (Lipinski definition) is 7. The van der Waals surface area contributed by atoms with Crippen molar-refractivity contribution < 1.29 is 24.0 Å². The second-order valence-corrected chi connectivity index (χ2v) is 8.82. The van der Waals surface area contributed by atoms with Crippen molar-refractivity contribution in [1.29, 1.82) is 0 Å². The Balaban J connectivity index is 1.63. The second-order valence-electron chi connectivity index (χ2n) is 7.11. The Morgan fingerprint density at radius 2 is 1.76 bits per heavy atom. The first-order chi connectivity index (χ1) is 16.2. The van der Waals surface area contributed by atoms with Crippen LogP contribution in [0.1, 0.15) is 27.0 Å². The van der Waals surface area contributed by atoms with E-state index < -0.39 is 16.9 Å². The highest BCUT2D eigenvalue weighted by molar-refractivity contribution is 9.11. The van der Waals surface area contributed by atoms with Crippen molar-refractivity contribution in [2.45, 2.75) is 6.92 Å². The number of carbonyl (C=O) groups excluding carboxylic acids is 2. The standard InChI is InChI=1S/C24H14Br2N2O6/c1-13-16(8-5-9-20(13)28(31)32)22-27-19(24(30)34-22)12-14-10-17(25)21(18(26)11-14)33-23(29)15-6-3-2-4-7-15/h2-12H,1H3/b19-12-. The van der Waals surface area contributed by atoms with E-state index in [0.29, 0.717) is 31.2 Å². The average molecular weight is 586 g/mol. The molecular formula is C24H14Br2N2O6. The molecule has 0 aliphatic carbocycles. The SMILES string of the molecule is Cc1c(C2=N/C(=C\c3cc(Br)c(OC(=O)c4ccccc4)c(Br)c3)C(=O)O2)cccc1[N+](=O)[O-]. The largest absolute Gasteiger partial charge is 0.421 e. The van der Waals surface area contributed by atoms with Gasteiger partial charge >= 0.3 is 11.9 Å². The topological polar surface area (TPSA) is 108 Å². The molecule has 0 saturated carbocycles. The van der Waals surface area contributed by atoms with Crippen LogP contribution in [0.3, 0.4) is 0 Å². The lowest BCUT2D eigenvalue weighted by molar-refractivity contribution is -0.385. The fourth-order valence-corrected chi connectivity index (χ4v) is 4.61. The smallest absolute Gasteiger partial charge is 0.363 e. The van der Waals surface area contributed by atoms with Gasteiger partial charge in [-0.25, -0.2) is 14.6 Å². The molecule has 34 heavy (non-hydrogen) atoms. The minimum Gasteiger partial charge on any atom is -0.421 e. The number of cyclic esters (lactones) is 1. The van der Waals surface area contributed by atoms with Crippen LogP contribution in [0, 0.1) is 17.0 Å². The number of benzene rings is 3. The lowest BCUT2D eigenvalue weighted by Crippen LogP contribution is -2.09. The van der Waals surface area contributed by atoms with Gasteiger partial charge in [-0.15, -0.1) is 0 Å². The number of aliphatic imine (C=N–C) groups is 1. The van der Waals surface area contributed by atoms with Crippen molar-refractivity contribution in [1.82, 2.24) is 0 Å². The van der Waals surface area contributed by atoms with Crippen LogP contribution in [0.25, 0.3) is 6.08 Å². The number of esters is 2. The van der Waals surface area contributed by atoms with E-state index >= 15 is 0 Å². The highest BCUT2D eigenvalue weighted by atomic mass is 79.9. The Hall–Kier alpha value is -3.63. The molecule has 0 amide bonds. The van der Waals surface area contributed by atoms with Gasteiger partial charge in [0.05, 0.1) is 19.4 Å². The summed E-state index contributed by atoms with van der Waals surface area (Å²) in [6.07, 6.45) is 1.50. The zero-order valence-corrected chi connectivity index (χ0v) is 20.6. The maximum atomic E-state index is 12.4. The monoisotopic (exact) mass is 584 g/mol. The van der Waals surface area contributed by atoms with Crippen LogP contribution < -0.4 is 4.74 Å². The predicted molar refractivity (Wildman–Crippen MR) is 132 cm³/mol. The molecule has 0 aromatic heterocycles. The molecule has 0 spiro atoms. The Morgan fingerprint density at radius 3 is 2.41 bits per heavy atom. The molecule has 0 radical (unpaired) electrons. The summed E-state index contributed by atoms with van der Waals surface area (Å²) in [6, 6.07) is 16.3. The Bertz CT molecular complexity index is 1380. The predicted octanol–water partition coefficient (Wildman–Crippen LogP) is 5.99. The summed E-state index contributed by atoms with van der Waals surface area (Å²) in [5.41, 5.74) is 1.60. The van der Waals surface area contributed by atoms with Crippen molar-refractivity contribution in [3.63, 3.8) is 0 Å². The van der Waals surface area contributed by atoms with Crippen molar-refractivity contribution in [3.8, 4) is 5.75 Å². The van der Waals surface area contributed by atoms with Gasteiger partial charge in [0.15, 0.2) is 11.4 Å². The molecule has 1 heterocycles. The molecule has 3 aromatic carbocycles. The third-order valence-electron chi connectivity index (χ3n) is 4.88. The van der Waals surface area contributed by atoms with Crippen LogP contribution in [0.4, 0.5) is 5.69 Å². The minimum atomic E-state index is -0.687. The minimum absolute atomic E-state index is 0.0102. The van der Waals surface area contributed by atoms with Gasteiger partial charge in [0.2, 0.25) is 5.90 Å². The van der Waals surface area contributed by atoms with Gasteiger partial charge < -0.3 is 9.47 Å². The van der Waals surface area contributed by atoms with Crippen molar-refractivity contribution in [3.05, 3.63) is 108 Å². The number of rotatable bonds is 5. The number of nitro benzene ring substituents is 1. The van der Waals surface area contributed by atoms with Crippen molar-refractivity contribution in [2.75, 3.05) is 0 Å². The number of nitro groups is 1. The third kappa shape index (κ3) is 4.82. The lowest BCUT2D eigenvalue weighted by atomic mass is 10.1. The van der Waals surface area contributed by atoms with Crippen molar-refractivity contribution in [2.24, 2.45) is 4.99 Å². The van der Waals surface area contributed by atoms with E-state index in [9.17, 15) is 19.7 Å². The number of ether oxygens (including phenoxy) is 2. The van der Waals surface area contributed by atoms with E-state index in [1.165, 1.54) is 18.2 Å². The number of nitrogens with zero attached hydrogens (tertiary/aromatic N) is 2. The maximum absolute atomic E-state index is 12.4. The first-order valence-corrected chi connectivity index (χ1v) is 11.4. The normalized spacial score (nSPS) is 14.0. The van der Waals surface area contributed by atoms with E-state index in [1.807, 2.05) is 0 Å². The van der Waals surface area contributed by atoms with E-state index in [2.05, 4.69) is 36.9 Å². The van der Waals surface area contributed by atoms with Gasteiger partial charge in [-0.2, -0.15) is 0 Å². The summed E-state index contributed by atoms with van der Waals surface area (Å²) in [6.45, 7) is 1.56. The van der Waals surface area contributed by atoms with Gasteiger partial charge in [0, 0.05) is 17.2 Å². The zero-order chi connectivity index (χ0) is 24.4. The zero-order valence-electron chi connectivity index (χ0n) is 17.5. The molecule has 8 nitrogen and oxygen atoms in total. The van der Waals surface area contributed by atoms with Gasteiger partial charge in [0.25, 0.3) is 5.69 Å². The highest BCUT2D eigenvalue weighted by Crippen LogP contribution is 2.36. The molecule has 10 heteroatoms. The van der Waals surface area contributed by atoms with Gasteiger partial charge in [-0.1, -0.05) is 24.3 Å². The summed E-state index contributed by atoms with van der Waals surface area (Å²) < 4.78 is 11.7. The quantitative estimate of drug-likeness (QED) is 0.120. The first-order valence-electron chi connectivity index (χ1n) is 9.78. The van der Waals surface area contributed by atoms with E-state index in [1.54, 1.807) is 55.5 Å². The second kappa shape index (κ2) is 9.70. The molecular weight excluding hydrogens is 572 g/mol. The van der Waals surface area contributed by atoms with E-state index in [4.69, 9.17) is 9.47 Å². The summed E-state index contributed by atoms with van der Waals surface area (Å²) in [4.78, 5) is 39.7. The molecule has 1 aliphatic heterocycles. The Morgan fingerprint density at radius 1 is 1.09 bits per heavy atom. The number of halogens is 2. The fraction of sp³-hybridized carbons (Fsp3) is 0.0417. The molecule has 170 valence electrons. The summed E-state index contributed by atoms with van der Waals surface area (Å²) in [7, 11) is 0. The van der Waals surface area contributed by atoms with Gasteiger partial charge in [0.1, 0.15) is 0 Å². The first kappa shape index (κ1) is 23.5. The average Bonchev–Trinajstić information content (AvgIpc) is 3.16. The molecule has 0 atom stereocenters. The van der Waals surface area contributed by atoms with Crippen molar-refractivity contribution >= 4 is 61.5 Å².